The Morgan fingerprint density at radius 3 is 2.31 bits per heavy atom. The van der Waals surface area contributed by atoms with Crippen molar-refractivity contribution in [3.63, 3.8) is 0 Å². The Kier molecular flexibility index (Phi) is 13.4. The standard InChI is InChI=1S/C21H36N2O3/c1-17(2)21(16-24)22-18(3)10-11-19(4)23(5)15-20(12-14-26-7)9-8-13-25-6/h8-12,17,21-22,24H,3-4,13-16H2,1-2,5-7H3/b9-8-,11-10-,20-12+/t21-/m1/s1. The molecule has 1 atom stereocenters. The van der Waals surface area contributed by atoms with Gasteiger partial charge in [0, 0.05) is 39.2 Å². The second kappa shape index (κ2) is 14.4. The van der Waals surface area contributed by atoms with Crippen LogP contribution in [0.25, 0.3) is 0 Å². The van der Waals surface area contributed by atoms with Gasteiger partial charge in [-0.15, -0.1) is 0 Å². The van der Waals surface area contributed by atoms with E-state index in [0.29, 0.717) is 25.7 Å². The van der Waals surface area contributed by atoms with Gasteiger partial charge in [0.05, 0.1) is 25.9 Å². The lowest BCUT2D eigenvalue weighted by Gasteiger charge is -2.22. The quantitative estimate of drug-likeness (QED) is 0.464. The van der Waals surface area contributed by atoms with Gasteiger partial charge in [-0.2, -0.15) is 0 Å². The highest BCUT2D eigenvalue weighted by molar-refractivity contribution is 5.26. The molecule has 26 heavy (non-hydrogen) atoms. The Bertz CT molecular complexity index is 507. The van der Waals surface area contributed by atoms with Crippen molar-refractivity contribution >= 4 is 0 Å². The first-order valence-electron chi connectivity index (χ1n) is 8.83. The van der Waals surface area contributed by atoms with E-state index in [1.807, 2.05) is 42.3 Å². The number of ether oxygens (including phenoxy) is 2. The zero-order chi connectivity index (χ0) is 19.9. The van der Waals surface area contributed by atoms with Crippen LogP contribution in [-0.2, 0) is 9.47 Å². The zero-order valence-corrected chi connectivity index (χ0v) is 17.0. The van der Waals surface area contributed by atoms with Crippen molar-refractivity contribution in [3.8, 4) is 0 Å². The molecule has 0 saturated carbocycles. The first-order chi connectivity index (χ1) is 12.3. The number of nitrogens with zero attached hydrogens (tertiary/aromatic N) is 1. The van der Waals surface area contributed by atoms with Gasteiger partial charge in [0.15, 0.2) is 0 Å². The van der Waals surface area contributed by atoms with Gasteiger partial charge in [0.25, 0.3) is 0 Å². The minimum Gasteiger partial charge on any atom is -0.394 e. The van der Waals surface area contributed by atoms with Crippen LogP contribution in [0.3, 0.4) is 0 Å². The largest absolute Gasteiger partial charge is 0.394 e. The summed E-state index contributed by atoms with van der Waals surface area (Å²) >= 11 is 0. The van der Waals surface area contributed by atoms with Crippen LogP contribution in [-0.4, -0.2) is 63.7 Å². The molecule has 0 amide bonds. The van der Waals surface area contributed by atoms with Crippen LogP contribution in [0, 0.1) is 5.92 Å². The predicted octanol–water partition coefficient (Wildman–Crippen LogP) is 2.88. The number of methoxy groups -OCH3 is 2. The lowest BCUT2D eigenvalue weighted by molar-refractivity contribution is 0.220. The SMILES string of the molecule is C=C(/C=C\C(=C)N(C)CC(/C=C\COC)=C/COC)N[C@H](CO)C(C)C. The van der Waals surface area contributed by atoms with Crippen LogP contribution in [0.2, 0.25) is 0 Å². The Morgan fingerprint density at radius 2 is 1.77 bits per heavy atom. The fraction of sp³-hybridized carbons (Fsp3) is 0.524. The van der Waals surface area contributed by atoms with Crippen molar-refractivity contribution < 1.29 is 14.6 Å². The van der Waals surface area contributed by atoms with Crippen molar-refractivity contribution in [2.45, 2.75) is 19.9 Å². The summed E-state index contributed by atoms with van der Waals surface area (Å²) < 4.78 is 10.2. The number of rotatable bonds is 14. The Labute approximate surface area is 159 Å². The maximum absolute atomic E-state index is 9.38. The molecular formula is C21H36N2O3. The highest BCUT2D eigenvalue weighted by atomic mass is 16.5. The van der Waals surface area contributed by atoms with Crippen LogP contribution in [0.15, 0.2) is 60.5 Å². The molecule has 0 aliphatic heterocycles. The molecule has 0 spiro atoms. The zero-order valence-electron chi connectivity index (χ0n) is 17.0. The lowest BCUT2D eigenvalue weighted by Crippen LogP contribution is -2.35. The maximum Gasteiger partial charge on any atom is 0.0649 e. The van der Waals surface area contributed by atoms with Crippen molar-refractivity contribution in [2.75, 3.05) is 47.6 Å². The molecule has 0 aromatic heterocycles. The monoisotopic (exact) mass is 364 g/mol. The van der Waals surface area contributed by atoms with Crippen molar-refractivity contribution in [1.82, 2.24) is 10.2 Å². The molecule has 2 N–H and O–H groups in total. The minimum atomic E-state index is -0.00681. The highest BCUT2D eigenvalue weighted by Gasteiger charge is 2.11. The Balaban J connectivity index is 4.73. The van der Waals surface area contributed by atoms with Gasteiger partial charge in [-0.05, 0) is 23.6 Å². The Hall–Kier alpha value is -1.82. The van der Waals surface area contributed by atoms with Crippen molar-refractivity contribution in [2.24, 2.45) is 5.92 Å². The molecule has 0 saturated heterocycles. The highest BCUT2D eigenvalue weighted by Crippen LogP contribution is 2.09. The van der Waals surface area contributed by atoms with Gasteiger partial charge >= 0.3 is 0 Å². The second-order valence-electron chi connectivity index (χ2n) is 6.48. The van der Waals surface area contributed by atoms with E-state index in [4.69, 9.17) is 9.47 Å². The molecule has 0 radical (unpaired) electrons. The van der Waals surface area contributed by atoms with Gasteiger partial charge in [-0.1, -0.05) is 45.2 Å². The molecule has 5 nitrogen and oxygen atoms in total. The minimum absolute atomic E-state index is 0.00681. The predicted molar refractivity (Wildman–Crippen MR) is 110 cm³/mol. The molecule has 0 rings (SSSR count). The molecule has 0 aromatic carbocycles. The summed E-state index contributed by atoms with van der Waals surface area (Å²) in [6.45, 7) is 14.1. The molecule has 0 heterocycles. The van der Waals surface area contributed by atoms with Crippen molar-refractivity contribution in [3.05, 3.63) is 60.5 Å². The van der Waals surface area contributed by atoms with E-state index >= 15 is 0 Å². The van der Waals surface area contributed by atoms with Gasteiger partial charge in [-0.25, -0.2) is 0 Å². The number of hydrogen-bond acceptors (Lipinski definition) is 5. The molecule has 148 valence electrons. The average Bonchev–Trinajstić information content (AvgIpc) is 2.61. The Morgan fingerprint density at radius 1 is 1.12 bits per heavy atom. The van der Waals surface area contributed by atoms with Crippen LogP contribution < -0.4 is 5.32 Å². The van der Waals surface area contributed by atoms with E-state index in [0.717, 1.165) is 17.0 Å². The third-order valence-electron chi connectivity index (χ3n) is 3.87. The summed E-state index contributed by atoms with van der Waals surface area (Å²) in [6.07, 6.45) is 9.83. The lowest BCUT2D eigenvalue weighted by atomic mass is 10.1. The summed E-state index contributed by atoms with van der Waals surface area (Å²) in [5.41, 5.74) is 2.74. The molecule has 5 heteroatoms. The molecule has 0 aliphatic rings. The van der Waals surface area contributed by atoms with E-state index in [1.165, 1.54) is 0 Å². The summed E-state index contributed by atoms with van der Waals surface area (Å²) in [7, 11) is 5.33. The molecule has 0 aliphatic carbocycles. The molecular weight excluding hydrogens is 328 g/mol. The van der Waals surface area contributed by atoms with Gasteiger partial charge < -0.3 is 24.8 Å². The smallest absolute Gasteiger partial charge is 0.0649 e. The van der Waals surface area contributed by atoms with E-state index < -0.39 is 0 Å². The molecule has 0 bridgehead atoms. The first kappa shape index (κ1) is 24.2. The van der Waals surface area contributed by atoms with E-state index in [2.05, 4.69) is 32.3 Å². The van der Waals surface area contributed by atoms with Gasteiger partial charge in [-0.3, -0.25) is 0 Å². The summed E-state index contributed by atoms with van der Waals surface area (Å²) in [6, 6.07) is -0.00681. The van der Waals surface area contributed by atoms with Gasteiger partial charge in [0.1, 0.15) is 0 Å². The number of allylic oxidation sites excluding steroid dienone is 2. The van der Waals surface area contributed by atoms with Crippen LogP contribution in [0.5, 0.6) is 0 Å². The molecule has 0 fully saturated rings. The van der Waals surface area contributed by atoms with Crippen molar-refractivity contribution in [1.29, 1.82) is 0 Å². The number of hydrogen-bond donors (Lipinski definition) is 2. The average molecular weight is 365 g/mol. The fourth-order valence-electron chi connectivity index (χ4n) is 2.08. The summed E-state index contributed by atoms with van der Waals surface area (Å²) in [5, 5.41) is 12.6. The normalized spacial score (nSPS) is 13.6. The topological polar surface area (TPSA) is 54.0 Å². The first-order valence-corrected chi connectivity index (χ1v) is 8.83. The van der Waals surface area contributed by atoms with Crippen LogP contribution >= 0.6 is 0 Å². The molecule has 0 aromatic rings. The van der Waals surface area contributed by atoms with E-state index in [9.17, 15) is 5.11 Å². The number of likely N-dealkylation sites (N-methyl/N-ethyl adjacent to an activating group) is 1. The van der Waals surface area contributed by atoms with Crippen LogP contribution in [0.1, 0.15) is 13.8 Å². The fourth-order valence-corrected chi connectivity index (χ4v) is 2.08. The van der Waals surface area contributed by atoms with E-state index in [1.54, 1.807) is 14.2 Å². The number of aliphatic hydroxyl groups excluding tert-OH is 1. The number of nitrogens with one attached hydrogen (secondary N) is 1. The third kappa shape index (κ3) is 10.9. The molecule has 0 unspecified atom stereocenters. The second-order valence-corrected chi connectivity index (χ2v) is 6.48. The van der Waals surface area contributed by atoms with E-state index in [-0.39, 0.29) is 12.6 Å². The van der Waals surface area contributed by atoms with Crippen LogP contribution in [0.4, 0.5) is 0 Å². The number of aliphatic hydroxyl groups is 1. The summed E-state index contributed by atoms with van der Waals surface area (Å²) in [5.74, 6) is 0.323. The third-order valence-corrected chi connectivity index (χ3v) is 3.87. The maximum atomic E-state index is 9.38. The summed E-state index contributed by atoms with van der Waals surface area (Å²) in [4.78, 5) is 2.05. The van der Waals surface area contributed by atoms with Gasteiger partial charge in [0.2, 0.25) is 0 Å².